The van der Waals surface area contributed by atoms with Crippen LogP contribution in [0.1, 0.15) is 12.8 Å². The zero-order chi connectivity index (χ0) is 22.8. The van der Waals surface area contributed by atoms with Crippen LogP contribution in [0.25, 0.3) is 22.0 Å². The first kappa shape index (κ1) is 21.4. The van der Waals surface area contributed by atoms with Crippen LogP contribution in [0.5, 0.6) is 5.75 Å². The molecule has 1 aromatic heterocycles. The fourth-order valence-corrected chi connectivity index (χ4v) is 5.08. The van der Waals surface area contributed by atoms with Crippen molar-refractivity contribution in [3.8, 4) is 17.0 Å². The molecule has 0 spiro atoms. The Balaban J connectivity index is 1.63. The number of nitro groups is 1. The molecule has 2 heterocycles. The largest absolute Gasteiger partial charge is 0.497 e. The molecule has 3 aromatic carbocycles. The van der Waals surface area contributed by atoms with Gasteiger partial charge in [0.05, 0.1) is 30.4 Å². The molecule has 4 aromatic rings. The van der Waals surface area contributed by atoms with Crippen molar-refractivity contribution in [1.29, 1.82) is 0 Å². The number of thiazole rings is 1. The molecule has 0 aliphatic carbocycles. The molecular weight excluding hydrogens is 438 g/mol. The van der Waals surface area contributed by atoms with Gasteiger partial charge < -0.3 is 14.0 Å². The molecule has 8 heteroatoms. The highest BCUT2D eigenvalue weighted by Crippen LogP contribution is 2.30. The topological polar surface area (TPSA) is 78.9 Å². The van der Waals surface area contributed by atoms with Gasteiger partial charge in [0, 0.05) is 18.1 Å². The third-order valence-electron chi connectivity index (χ3n) is 5.85. The second-order valence-corrected chi connectivity index (χ2v) is 8.77. The quantitative estimate of drug-likeness (QED) is 0.273. The van der Waals surface area contributed by atoms with Gasteiger partial charge in [-0.2, -0.15) is 0 Å². The molecule has 0 radical (unpaired) electrons. The summed E-state index contributed by atoms with van der Waals surface area (Å²) < 4.78 is 13.4. The van der Waals surface area contributed by atoms with Crippen molar-refractivity contribution in [1.82, 2.24) is 4.57 Å². The number of nitro benzene ring substituents is 1. The Morgan fingerprint density at radius 1 is 1.18 bits per heavy atom. The molecule has 1 aliphatic heterocycles. The number of fused-ring (bicyclic) bond motifs is 1. The summed E-state index contributed by atoms with van der Waals surface area (Å²) in [4.78, 5) is 16.5. The Kier molecular flexibility index (Phi) is 5.93. The normalized spacial score (nSPS) is 16.4. The monoisotopic (exact) mass is 461 g/mol. The number of hydrogen-bond donors (Lipinski definition) is 0. The van der Waals surface area contributed by atoms with Crippen LogP contribution in [0.4, 0.5) is 11.4 Å². The molecule has 168 valence electrons. The first-order chi connectivity index (χ1) is 16.1. The lowest BCUT2D eigenvalue weighted by atomic mass is 10.0. The number of rotatable bonds is 6. The van der Waals surface area contributed by atoms with E-state index in [9.17, 15) is 10.1 Å². The van der Waals surface area contributed by atoms with Gasteiger partial charge in [-0.3, -0.25) is 10.1 Å². The van der Waals surface area contributed by atoms with Gasteiger partial charge in [0.1, 0.15) is 11.4 Å². The summed E-state index contributed by atoms with van der Waals surface area (Å²) in [5, 5.41) is 15.8. The van der Waals surface area contributed by atoms with E-state index in [4.69, 9.17) is 14.5 Å². The average molecular weight is 462 g/mol. The third-order valence-corrected chi connectivity index (χ3v) is 6.71. The fraction of sp³-hybridized carbons (Fsp3) is 0.240. The van der Waals surface area contributed by atoms with E-state index in [-0.39, 0.29) is 11.8 Å². The Hall–Kier alpha value is -3.49. The van der Waals surface area contributed by atoms with Gasteiger partial charge in [0.15, 0.2) is 4.80 Å². The predicted molar refractivity (Wildman–Crippen MR) is 129 cm³/mol. The van der Waals surface area contributed by atoms with E-state index in [1.54, 1.807) is 25.3 Å². The zero-order valence-electron chi connectivity index (χ0n) is 18.1. The number of benzene rings is 3. The van der Waals surface area contributed by atoms with E-state index in [1.807, 2.05) is 18.2 Å². The molecular formula is C25H23N3O4S. The highest BCUT2D eigenvalue weighted by Gasteiger charge is 2.20. The Labute approximate surface area is 194 Å². The molecule has 1 aliphatic rings. The van der Waals surface area contributed by atoms with Crippen molar-refractivity contribution in [2.75, 3.05) is 13.7 Å². The average Bonchev–Trinajstić information content (AvgIpc) is 3.49. The molecule has 1 unspecified atom stereocenters. The number of methoxy groups -OCH3 is 1. The molecule has 33 heavy (non-hydrogen) atoms. The Bertz CT molecular complexity index is 1390. The lowest BCUT2D eigenvalue weighted by Gasteiger charge is -2.14. The Morgan fingerprint density at radius 2 is 2.00 bits per heavy atom. The van der Waals surface area contributed by atoms with Crippen LogP contribution in [0.15, 0.2) is 71.0 Å². The van der Waals surface area contributed by atoms with E-state index in [0.717, 1.165) is 47.2 Å². The van der Waals surface area contributed by atoms with Crippen LogP contribution in [0, 0.1) is 10.1 Å². The predicted octanol–water partition coefficient (Wildman–Crippen LogP) is 5.70. The van der Waals surface area contributed by atoms with Crippen LogP contribution >= 0.6 is 11.3 Å². The summed E-state index contributed by atoms with van der Waals surface area (Å²) in [5.74, 6) is 0.824. The zero-order valence-corrected chi connectivity index (χ0v) is 19.0. The van der Waals surface area contributed by atoms with Crippen LogP contribution < -0.4 is 9.54 Å². The highest BCUT2D eigenvalue weighted by atomic mass is 32.1. The minimum absolute atomic E-state index is 0.00392. The molecule has 1 atom stereocenters. The number of para-hydroxylation sites is 2. The van der Waals surface area contributed by atoms with E-state index >= 15 is 0 Å². The maximum Gasteiger partial charge on any atom is 0.294 e. The van der Waals surface area contributed by atoms with Gasteiger partial charge >= 0.3 is 0 Å². The lowest BCUT2D eigenvalue weighted by Crippen LogP contribution is -2.24. The van der Waals surface area contributed by atoms with Crippen molar-refractivity contribution < 1.29 is 14.4 Å². The van der Waals surface area contributed by atoms with Crippen molar-refractivity contribution >= 4 is 33.5 Å². The molecule has 5 rings (SSSR count). The van der Waals surface area contributed by atoms with Gasteiger partial charge in [-0.25, -0.2) is 4.99 Å². The molecule has 1 fully saturated rings. The van der Waals surface area contributed by atoms with Gasteiger partial charge in [-0.1, -0.05) is 30.3 Å². The number of hydrogen-bond acceptors (Lipinski definition) is 6. The van der Waals surface area contributed by atoms with Gasteiger partial charge in [0.25, 0.3) is 5.69 Å². The van der Waals surface area contributed by atoms with E-state index < -0.39 is 4.92 Å². The first-order valence-electron chi connectivity index (χ1n) is 10.8. The smallest absolute Gasteiger partial charge is 0.294 e. The number of aromatic nitrogens is 1. The van der Waals surface area contributed by atoms with E-state index in [0.29, 0.717) is 17.0 Å². The summed E-state index contributed by atoms with van der Waals surface area (Å²) in [6.45, 7) is 1.41. The van der Waals surface area contributed by atoms with Crippen molar-refractivity contribution in [3.63, 3.8) is 0 Å². The van der Waals surface area contributed by atoms with Crippen LogP contribution in [-0.2, 0) is 11.3 Å². The summed E-state index contributed by atoms with van der Waals surface area (Å²) in [6.07, 6.45) is 2.14. The van der Waals surface area contributed by atoms with Crippen LogP contribution in [0.2, 0.25) is 0 Å². The third kappa shape index (κ3) is 4.40. The summed E-state index contributed by atoms with van der Waals surface area (Å²) >= 11 is 1.48. The fourth-order valence-electron chi connectivity index (χ4n) is 4.14. The second kappa shape index (κ2) is 9.17. The lowest BCUT2D eigenvalue weighted by molar-refractivity contribution is -0.384. The van der Waals surface area contributed by atoms with Gasteiger partial charge in [0.2, 0.25) is 0 Å². The first-order valence-corrected chi connectivity index (χ1v) is 11.7. The molecule has 0 N–H and O–H groups in total. The van der Waals surface area contributed by atoms with E-state index in [2.05, 4.69) is 28.1 Å². The summed E-state index contributed by atoms with van der Waals surface area (Å²) in [5.41, 5.74) is 2.43. The highest BCUT2D eigenvalue weighted by molar-refractivity contribution is 7.07. The maximum atomic E-state index is 11.5. The van der Waals surface area contributed by atoms with Crippen molar-refractivity contribution in [2.45, 2.75) is 25.5 Å². The maximum absolute atomic E-state index is 11.5. The summed E-state index contributed by atoms with van der Waals surface area (Å²) in [6, 6.07) is 18.9. The van der Waals surface area contributed by atoms with Crippen molar-refractivity contribution in [3.05, 3.63) is 81.0 Å². The Morgan fingerprint density at radius 3 is 2.79 bits per heavy atom. The minimum atomic E-state index is -0.393. The summed E-state index contributed by atoms with van der Waals surface area (Å²) in [7, 11) is 1.66. The molecule has 0 amide bonds. The molecule has 0 saturated carbocycles. The number of nitrogens with zero attached hydrogens (tertiary/aromatic N) is 3. The second-order valence-electron chi connectivity index (χ2n) is 7.93. The minimum Gasteiger partial charge on any atom is -0.497 e. The standard InChI is InChI=1S/C25H23N3O4S/c1-31-20-11-10-17-13-19(9-8-18(17)14-20)24-16-33-25(27(24)15-21-5-4-12-32-21)26-22-6-2-3-7-23(22)28(29)30/h2-3,6-11,13-14,16,21H,4-5,12,15H2,1H3. The SMILES string of the molecule is COc1ccc2cc(-c3csc(=Nc4ccccc4[N+](=O)[O-])n3CC3CCCO3)ccc2c1. The number of ether oxygens (including phenoxy) is 2. The van der Waals surface area contributed by atoms with Gasteiger partial charge in [-0.05, 0) is 53.4 Å². The molecule has 0 bridgehead atoms. The van der Waals surface area contributed by atoms with Crippen LogP contribution in [-0.4, -0.2) is 29.3 Å². The van der Waals surface area contributed by atoms with Crippen LogP contribution in [0.3, 0.4) is 0 Å². The van der Waals surface area contributed by atoms with Crippen molar-refractivity contribution in [2.24, 2.45) is 4.99 Å². The van der Waals surface area contributed by atoms with Gasteiger partial charge in [-0.15, -0.1) is 11.3 Å². The van der Waals surface area contributed by atoms with E-state index in [1.165, 1.54) is 17.4 Å². The molecule has 1 saturated heterocycles. The molecule has 7 nitrogen and oxygen atoms in total.